The number of aliphatic hydroxyl groups is 5. The summed E-state index contributed by atoms with van der Waals surface area (Å²) in [5.74, 6) is -0.174. The Morgan fingerprint density at radius 1 is 0.600 bits per heavy atom. The first-order valence-electron chi connectivity index (χ1n) is 23.4. The highest BCUT2D eigenvalue weighted by Gasteiger charge is 2.44. The predicted octanol–water partition coefficient (Wildman–Crippen LogP) is 9.73. The average molecular weight is 784 g/mol. The fourth-order valence-electron chi connectivity index (χ4n) is 7.57. The van der Waals surface area contributed by atoms with Gasteiger partial charge in [0.25, 0.3) is 0 Å². The molecule has 1 fully saturated rings. The van der Waals surface area contributed by atoms with Crippen molar-refractivity contribution in [2.75, 3.05) is 13.2 Å². The quantitative estimate of drug-likeness (QED) is 0.0267. The van der Waals surface area contributed by atoms with Gasteiger partial charge in [0.1, 0.15) is 24.4 Å². The van der Waals surface area contributed by atoms with Gasteiger partial charge in [0.05, 0.1) is 25.4 Å². The van der Waals surface area contributed by atoms with E-state index in [1.165, 1.54) is 161 Å². The minimum atomic E-state index is -1.56. The molecule has 0 saturated carbocycles. The summed E-state index contributed by atoms with van der Waals surface area (Å²) < 4.78 is 11.2. The first-order chi connectivity index (χ1) is 26.8. The lowest BCUT2D eigenvalue weighted by Crippen LogP contribution is -2.60. The number of hydrogen-bond donors (Lipinski definition) is 6. The summed E-state index contributed by atoms with van der Waals surface area (Å²) in [6, 6.07) is -0.798. The number of amides is 1. The summed E-state index contributed by atoms with van der Waals surface area (Å²) in [5.41, 5.74) is 0. The molecule has 1 aliphatic heterocycles. The Kier molecular flexibility index (Phi) is 35.2. The maximum atomic E-state index is 13.0. The van der Waals surface area contributed by atoms with E-state index in [-0.39, 0.29) is 12.5 Å². The average Bonchev–Trinajstić information content (AvgIpc) is 3.18. The Balaban J connectivity index is 2.34. The molecule has 7 atom stereocenters. The monoisotopic (exact) mass is 784 g/mol. The van der Waals surface area contributed by atoms with Crippen molar-refractivity contribution in [1.29, 1.82) is 0 Å². The van der Waals surface area contributed by atoms with E-state index in [2.05, 4.69) is 19.2 Å². The number of carbonyl (C=O) groups is 1. The van der Waals surface area contributed by atoms with Crippen LogP contribution in [0.1, 0.15) is 219 Å². The second-order valence-electron chi connectivity index (χ2n) is 16.6. The maximum absolute atomic E-state index is 13.0. The van der Waals surface area contributed by atoms with Crippen LogP contribution in [0.15, 0.2) is 12.2 Å². The molecule has 9 nitrogen and oxygen atoms in total. The van der Waals surface area contributed by atoms with Crippen molar-refractivity contribution in [3.63, 3.8) is 0 Å². The molecule has 1 saturated heterocycles. The van der Waals surface area contributed by atoms with Gasteiger partial charge < -0.3 is 40.3 Å². The summed E-state index contributed by atoms with van der Waals surface area (Å²) in [6.45, 7) is 3.79. The van der Waals surface area contributed by atoms with Crippen LogP contribution in [0.2, 0.25) is 0 Å². The number of allylic oxidation sites excluding steroid dienone is 1. The second kappa shape index (κ2) is 37.2. The van der Waals surface area contributed by atoms with Crippen LogP contribution in [0.5, 0.6) is 0 Å². The van der Waals surface area contributed by atoms with E-state index in [0.29, 0.717) is 6.42 Å². The van der Waals surface area contributed by atoms with Crippen molar-refractivity contribution in [1.82, 2.24) is 5.32 Å². The molecule has 6 N–H and O–H groups in total. The molecule has 0 bridgehead atoms. The molecule has 0 aromatic heterocycles. The van der Waals surface area contributed by atoms with Crippen LogP contribution < -0.4 is 5.32 Å². The number of unbranched alkanes of at least 4 members (excludes halogenated alkanes) is 29. The summed E-state index contributed by atoms with van der Waals surface area (Å²) >= 11 is 0. The Morgan fingerprint density at radius 3 is 1.42 bits per heavy atom. The lowest BCUT2D eigenvalue weighted by atomic mass is 9.99. The second-order valence-corrected chi connectivity index (χ2v) is 16.6. The minimum Gasteiger partial charge on any atom is -0.394 e. The molecule has 0 aromatic rings. The predicted molar refractivity (Wildman–Crippen MR) is 226 cm³/mol. The van der Waals surface area contributed by atoms with Crippen molar-refractivity contribution < 1.29 is 39.8 Å². The topological polar surface area (TPSA) is 149 Å². The molecular formula is C46H89NO8. The molecule has 1 rings (SSSR count). The molecule has 0 aromatic carbocycles. The Morgan fingerprint density at radius 2 is 1.00 bits per heavy atom. The molecule has 0 aliphatic carbocycles. The third kappa shape index (κ3) is 28.1. The first-order valence-corrected chi connectivity index (χ1v) is 23.4. The zero-order valence-corrected chi connectivity index (χ0v) is 35.7. The van der Waals surface area contributed by atoms with Crippen LogP contribution in [-0.4, -0.2) is 87.5 Å². The van der Waals surface area contributed by atoms with Gasteiger partial charge in [0.2, 0.25) is 5.91 Å². The maximum Gasteiger partial charge on any atom is 0.220 e. The number of aliphatic hydroxyl groups excluding tert-OH is 5. The summed E-state index contributed by atoms with van der Waals surface area (Å²) in [6.07, 6.45) is 35.3. The normalized spacial score (nSPS) is 21.3. The van der Waals surface area contributed by atoms with Gasteiger partial charge in [-0.15, -0.1) is 0 Å². The molecule has 2 unspecified atom stereocenters. The summed E-state index contributed by atoms with van der Waals surface area (Å²) in [5, 5.41) is 54.2. The van der Waals surface area contributed by atoms with Crippen LogP contribution in [0.3, 0.4) is 0 Å². The summed E-state index contributed by atoms with van der Waals surface area (Å²) in [4.78, 5) is 13.0. The molecule has 326 valence electrons. The van der Waals surface area contributed by atoms with Gasteiger partial charge in [0, 0.05) is 6.42 Å². The van der Waals surface area contributed by atoms with E-state index >= 15 is 0 Å². The number of ether oxygens (including phenoxy) is 2. The van der Waals surface area contributed by atoms with Crippen LogP contribution in [0.4, 0.5) is 0 Å². The molecule has 0 spiro atoms. The Hall–Kier alpha value is -1.07. The molecule has 55 heavy (non-hydrogen) atoms. The standard InChI is InChI=1S/C46H89NO8/c1-3-5-7-9-11-13-15-17-19-20-22-24-26-28-30-32-34-36-42(50)47-39(38-54-46-45(53)44(52)43(51)41(37-48)55-46)40(49)35-33-31-29-27-25-23-21-18-16-14-12-10-8-6-4-2/h33,35,39-41,43-46,48-49,51-53H,3-32,34,36-38H2,1-2H3,(H,47,50)/b35-33+/t39-,40+,41+,43-,44?,45?,46+/m0/s1. The van der Waals surface area contributed by atoms with Crippen LogP contribution in [0.25, 0.3) is 0 Å². The largest absolute Gasteiger partial charge is 0.394 e. The highest BCUT2D eigenvalue weighted by Crippen LogP contribution is 2.23. The number of rotatable bonds is 39. The highest BCUT2D eigenvalue weighted by atomic mass is 16.7. The van der Waals surface area contributed by atoms with E-state index in [1.807, 2.05) is 6.08 Å². The number of carbonyl (C=O) groups excluding carboxylic acids is 1. The van der Waals surface area contributed by atoms with Crippen LogP contribution in [-0.2, 0) is 14.3 Å². The van der Waals surface area contributed by atoms with Crippen molar-refractivity contribution in [3.8, 4) is 0 Å². The zero-order chi connectivity index (χ0) is 40.2. The highest BCUT2D eigenvalue weighted by molar-refractivity contribution is 5.76. The van der Waals surface area contributed by atoms with E-state index in [4.69, 9.17) is 9.47 Å². The number of hydrogen-bond acceptors (Lipinski definition) is 8. The molecule has 1 heterocycles. The van der Waals surface area contributed by atoms with Crippen LogP contribution >= 0.6 is 0 Å². The molecular weight excluding hydrogens is 695 g/mol. The molecule has 0 radical (unpaired) electrons. The number of nitrogens with one attached hydrogen (secondary N) is 1. The van der Waals surface area contributed by atoms with Gasteiger partial charge in [-0.25, -0.2) is 0 Å². The van der Waals surface area contributed by atoms with E-state index in [9.17, 15) is 30.3 Å². The molecule has 9 heteroatoms. The fraction of sp³-hybridized carbons (Fsp3) is 0.935. The van der Waals surface area contributed by atoms with Gasteiger partial charge in [-0.05, 0) is 19.3 Å². The van der Waals surface area contributed by atoms with Gasteiger partial charge >= 0.3 is 0 Å². The third-order valence-electron chi connectivity index (χ3n) is 11.4. The van der Waals surface area contributed by atoms with E-state index in [0.717, 1.165) is 38.5 Å². The third-order valence-corrected chi connectivity index (χ3v) is 11.4. The van der Waals surface area contributed by atoms with Gasteiger partial charge in [-0.3, -0.25) is 4.79 Å². The Bertz CT molecular complexity index is 873. The van der Waals surface area contributed by atoms with Gasteiger partial charge in [0.15, 0.2) is 6.29 Å². The van der Waals surface area contributed by atoms with Crippen molar-refractivity contribution >= 4 is 5.91 Å². The van der Waals surface area contributed by atoms with Crippen LogP contribution in [0, 0.1) is 0 Å². The van der Waals surface area contributed by atoms with Gasteiger partial charge in [-0.1, -0.05) is 206 Å². The SMILES string of the molecule is CCCCCCCCCCCCCCC/C=C/[C@@H](O)[C@H](CO[C@@H]1O[C@H](CO)[C@H](O)C(O)C1O)NC(=O)CCCCCCCCCCCCCCCCCCC. The zero-order valence-electron chi connectivity index (χ0n) is 35.7. The Labute approximate surface area is 337 Å². The van der Waals surface area contributed by atoms with E-state index in [1.54, 1.807) is 6.08 Å². The molecule has 1 amide bonds. The lowest BCUT2D eigenvalue weighted by Gasteiger charge is -2.40. The molecule has 1 aliphatic rings. The van der Waals surface area contributed by atoms with Crippen molar-refractivity contribution in [3.05, 3.63) is 12.2 Å². The van der Waals surface area contributed by atoms with E-state index < -0.39 is 49.5 Å². The lowest BCUT2D eigenvalue weighted by molar-refractivity contribution is -0.302. The summed E-state index contributed by atoms with van der Waals surface area (Å²) in [7, 11) is 0. The smallest absolute Gasteiger partial charge is 0.220 e. The van der Waals surface area contributed by atoms with Gasteiger partial charge in [-0.2, -0.15) is 0 Å². The first kappa shape index (κ1) is 51.9. The van der Waals surface area contributed by atoms with Crippen molar-refractivity contribution in [2.24, 2.45) is 0 Å². The minimum absolute atomic E-state index is 0.174. The van der Waals surface area contributed by atoms with Crippen molar-refractivity contribution in [2.45, 2.75) is 262 Å². The fourth-order valence-corrected chi connectivity index (χ4v) is 7.57.